The molecule has 63 heavy (non-hydrogen) atoms. The van der Waals surface area contributed by atoms with Crippen molar-refractivity contribution in [2.24, 2.45) is 0 Å². The molecule has 13 heteroatoms. The van der Waals surface area contributed by atoms with E-state index < -0.39 is 16.2 Å². The molecule has 0 bridgehead atoms. The van der Waals surface area contributed by atoms with Gasteiger partial charge in [-0.1, -0.05) is 42.5 Å². The molecule has 1 fully saturated rings. The average Bonchev–Trinajstić information content (AvgIpc) is 3.99. The monoisotopic (exact) mass is 842 g/mol. The Bertz CT molecular complexity index is 2730. The molecule has 3 aromatic heterocycles. The van der Waals surface area contributed by atoms with Crippen molar-refractivity contribution in [1.29, 1.82) is 0 Å². The van der Waals surface area contributed by atoms with E-state index in [1.807, 2.05) is 123 Å². The first kappa shape index (κ1) is 42.7. The maximum absolute atomic E-state index is 12.4. The number of rotatable bonds is 4. The van der Waals surface area contributed by atoms with E-state index in [1.54, 1.807) is 40.3 Å². The van der Waals surface area contributed by atoms with Gasteiger partial charge in [-0.25, -0.2) is 19.9 Å². The molecule has 2 N–H and O–H groups in total. The van der Waals surface area contributed by atoms with Crippen molar-refractivity contribution < 1.29 is 14.4 Å². The first-order valence-corrected chi connectivity index (χ1v) is 21.3. The van der Waals surface area contributed by atoms with E-state index in [9.17, 15) is 14.4 Å². The van der Waals surface area contributed by atoms with Gasteiger partial charge < -0.3 is 25.3 Å². The molecular weight excluding hydrogens is 789 g/mol. The number of fused-ring (bicyclic) bond motifs is 3. The predicted octanol–water partition coefficient (Wildman–Crippen LogP) is 7.98. The van der Waals surface area contributed by atoms with E-state index in [0.29, 0.717) is 0 Å². The molecule has 4 aliphatic heterocycles. The first-order valence-electron chi connectivity index (χ1n) is 21.3. The summed E-state index contributed by atoms with van der Waals surface area (Å²) in [5, 5.41) is 0. The Morgan fingerprint density at radius 1 is 0.492 bits per heavy atom. The normalized spacial score (nSPS) is 17.4. The minimum Gasteiger partial charge on any atom is -0.368 e. The molecular formula is C50H54N10O3. The lowest BCUT2D eigenvalue weighted by molar-refractivity contribution is -0.122. The van der Waals surface area contributed by atoms with E-state index in [1.165, 1.54) is 12.8 Å². The second-order valence-corrected chi connectivity index (χ2v) is 18.2. The number of carbonyl (C=O) groups is 3. The van der Waals surface area contributed by atoms with E-state index >= 15 is 0 Å². The third-order valence-corrected chi connectivity index (χ3v) is 12.9. The van der Waals surface area contributed by atoms with Gasteiger partial charge in [0.2, 0.25) is 29.6 Å². The summed E-state index contributed by atoms with van der Waals surface area (Å²) in [7, 11) is 5.48. The number of amides is 3. The van der Waals surface area contributed by atoms with Crippen LogP contribution in [-0.4, -0.2) is 76.9 Å². The fourth-order valence-corrected chi connectivity index (χ4v) is 9.03. The average molecular weight is 843 g/mol. The number of hydrogen-bond acceptors (Lipinski definition) is 10. The zero-order chi connectivity index (χ0) is 45.0. The summed E-state index contributed by atoms with van der Waals surface area (Å²) >= 11 is 0. The van der Waals surface area contributed by atoms with Crippen molar-refractivity contribution >= 4 is 46.7 Å². The van der Waals surface area contributed by atoms with Gasteiger partial charge in [-0.15, -0.1) is 0 Å². The summed E-state index contributed by atoms with van der Waals surface area (Å²) in [4.78, 5) is 65.7. The van der Waals surface area contributed by atoms with Gasteiger partial charge in [0, 0.05) is 99.0 Å². The van der Waals surface area contributed by atoms with Crippen LogP contribution in [0.25, 0.3) is 33.5 Å². The highest BCUT2D eigenvalue weighted by atomic mass is 16.2. The Balaban J connectivity index is 0.000000131. The molecule has 0 unspecified atom stereocenters. The van der Waals surface area contributed by atoms with E-state index in [-0.39, 0.29) is 23.7 Å². The third kappa shape index (κ3) is 7.55. The molecule has 3 amide bonds. The topological polar surface area (TPSA) is 155 Å². The van der Waals surface area contributed by atoms with Crippen LogP contribution in [0.1, 0.15) is 71.1 Å². The first-order chi connectivity index (χ1) is 29.9. The smallest absolute Gasteiger partial charge is 0.236 e. The highest BCUT2D eigenvalue weighted by Gasteiger charge is 2.44. The summed E-state index contributed by atoms with van der Waals surface area (Å²) in [5.41, 5.74) is 16.1. The van der Waals surface area contributed by atoms with Crippen LogP contribution >= 0.6 is 0 Å². The van der Waals surface area contributed by atoms with Gasteiger partial charge in [0.05, 0.1) is 21.9 Å². The van der Waals surface area contributed by atoms with Crippen LogP contribution in [0.5, 0.6) is 0 Å². The zero-order valence-corrected chi connectivity index (χ0v) is 37.5. The number of nitrogen functional groups attached to an aromatic ring is 1. The number of pyridine rings is 1. The molecule has 0 atom stereocenters. The van der Waals surface area contributed by atoms with E-state index in [2.05, 4.69) is 48.0 Å². The Labute approximate surface area is 369 Å². The van der Waals surface area contributed by atoms with Crippen molar-refractivity contribution in [3.63, 3.8) is 0 Å². The number of benzene rings is 3. The number of hydrogen-bond donors (Lipinski definition) is 1. The van der Waals surface area contributed by atoms with Gasteiger partial charge in [0.15, 0.2) is 0 Å². The predicted molar refractivity (Wildman–Crippen MR) is 250 cm³/mol. The highest BCUT2D eigenvalue weighted by Crippen LogP contribution is 2.45. The SMILES string of the molecule is CN1C(=O)C(C)(C)c2ccc(-c3ccccn3)cc21.CN1C(=O)C(C)(C)c2ccc(-c3cnc(N)nc3)cc21.CN1C(=O)C(C)(C)c2ccc(-c3cnc(N4CCCC4)nc3)cc21. The third-order valence-electron chi connectivity index (χ3n) is 12.9. The van der Waals surface area contributed by atoms with Crippen LogP contribution < -0.4 is 25.3 Å². The van der Waals surface area contributed by atoms with Gasteiger partial charge in [-0.3, -0.25) is 19.4 Å². The quantitative estimate of drug-likeness (QED) is 0.185. The van der Waals surface area contributed by atoms with Crippen LogP contribution in [0.4, 0.5) is 29.0 Å². The van der Waals surface area contributed by atoms with Crippen molar-refractivity contribution in [3.8, 4) is 33.5 Å². The van der Waals surface area contributed by atoms with Crippen LogP contribution in [0.2, 0.25) is 0 Å². The number of carbonyl (C=O) groups excluding carboxylic acids is 3. The molecule has 0 radical (unpaired) electrons. The molecule has 1 saturated heterocycles. The minimum absolute atomic E-state index is 0.109. The number of nitrogens with zero attached hydrogens (tertiary/aromatic N) is 9. The molecule has 322 valence electrons. The van der Waals surface area contributed by atoms with Crippen LogP contribution in [0, 0.1) is 0 Å². The lowest BCUT2D eigenvalue weighted by atomic mass is 9.85. The largest absolute Gasteiger partial charge is 0.368 e. The maximum atomic E-state index is 12.4. The van der Waals surface area contributed by atoms with Gasteiger partial charge in [-0.2, -0.15) is 0 Å². The fourth-order valence-electron chi connectivity index (χ4n) is 9.03. The molecule has 4 aliphatic rings. The van der Waals surface area contributed by atoms with Crippen molar-refractivity contribution in [3.05, 3.63) is 120 Å². The van der Waals surface area contributed by atoms with Gasteiger partial charge in [0.1, 0.15) is 0 Å². The summed E-state index contributed by atoms with van der Waals surface area (Å²) in [6.07, 6.45) is 11.3. The molecule has 10 rings (SSSR count). The van der Waals surface area contributed by atoms with Gasteiger partial charge >= 0.3 is 0 Å². The molecule has 0 spiro atoms. The number of anilines is 5. The highest BCUT2D eigenvalue weighted by molar-refractivity contribution is 6.09. The fraction of sp³-hybridized carbons (Fsp3) is 0.320. The van der Waals surface area contributed by atoms with Crippen molar-refractivity contribution in [2.45, 2.75) is 70.6 Å². The van der Waals surface area contributed by atoms with Crippen LogP contribution in [0.3, 0.4) is 0 Å². The van der Waals surface area contributed by atoms with Crippen molar-refractivity contribution in [1.82, 2.24) is 24.9 Å². The molecule has 6 aromatic rings. The summed E-state index contributed by atoms with van der Waals surface area (Å²) in [5.74, 6) is 1.45. The Morgan fingerprint density at radius 2 is 0.889 bits per heavy atom. The molecule has 7 heterocycles. The standard InChI is InChI=1S/C19H22N4O.C16H16N2O.C15H16N4O/c1-19(2)15-7-6-13(10-16(15)22(3)17(19)24)14-11-20-18(21-12-14)23-8-4-5-9-23;1-16(2)12-8-7-11(13-6-4-5-9-17-13)10-14(12)18(3)15(16)19;1-15(2)11-5-4-9(6-12(11)19(3)13(15)20)10-7-17-14(16)18-8-10/h6-7,10-12H,4-5,8-9H2,1-3H3;4-10H,1-3H3;4-8H,1-3H3,(H2,16,17,18). The number of aromatic nitrogens is 5. The van der Waals surface area contributed by atoms with Crippen LogP contribution in [0.15, 0.2) is 104 Å². The lowest BCUT2D eigenvalue weighted by Gasteiger charge is -2.16. The maximum Gasteiger partial charge on any atom is 0.236 e. The van der Waals surface area contributed by atoms with E-state index in [0.717, 1.165) is 86.3 Å². The zero-order valence-electron chi connectivity index (χ0n) is 37.5. The Kier molecular flexibility index (Phi) is 10.9. The lowest BCUT2D eigenvalue weighted by Crippen LogP contribution is -2.33. The Morgan fingerprint density at radius 3 is 1.30 bits per heavy atom. The second kappa shape index (κ2) is 16.0. The molecule has 0 saturated carbocycles. The van der Waals surface area contributed by atoms with Crippen molar-refractivity contribution in [2.75, 3.05) is 59.6 Å². The van der Waals surface area contributed by atoms with Crippen LogP contribution in [-0.2, 0) is 30.6 Å². The van der Waals surface area contributed by atoms with Gasteiger partial charge in [-0.05, 0) is 113 Å². The number of nitrogens with two attached hydrogens (primary N) is 1. The number of likely N-dealkylation sites (N-methyl/N-ethyl adjacent to an activating group) is 3. The van der Waals surface area contributed by atoms with E-state index in [4.69, 9.17) is 5.73 Å². The summed E-state index contributed by atoms with van der Waals surface area (Å²) < 4.78 is 0. The second-order valence-electron chi connectivity index (χ2n) is 18.2. The molecule has 0 aliphatic carbocycles. The molecule has 3 aromatic carbocycles. The van der Waals surface area contributed by atoms with Gasteiger partial charge in [0.25, 0.3) is 0 Å². The summed E-state index contributed by atoms with van der Waals surface area (Å²) in [6.45, 7) is 13.9. The molecule has 13 nitrogen and oxygen atoms in total. The minimum atomic E-state index is -0.472. The summed E-state index contributed by atoms with van der Waals surface area (Å²) in [6, 6.07) is 24.1. The Hall–Kier alpha value is -7.02.